The average Bonchev–Trinajstić information content (AvgIpc) is 3.62. The summed E-state index contributed by atoms with van der Waals surface area (Å²) in [6, 6.07) is 12.0. The van der Waals surface area contributed by atoms with Gasteiger partial charge in [-0.15, -0.1) is 0 Å². The fourth-order valence-electron chi connectivity index (χ4n) is 3.70. The van der Waals surface area contributed by atoms with Crippen LogP contribution in [0.25, 0.3) is 11.3 Å². The average molecular weight is 501 g/mol. The van der Waals surface area contributed by atoms with Gasteiger partial charge in [-0.3, -0.25) is 9.78 Å². The molecular formula is C24H22BrFN2O4. The second-order valence-electron chi connectivity index (χ2n) is 7.75. The number of nitrogens with zero attached hydrogens (tertiary/aromatic N) is 2. The Morgan fingerprint density at radius 2 is 2.06 bits per heavy atom. The molecule has 1 saturated carbocycles. The molecule has 1 atom stereocenters. The van der Waals surface area contributed by atoms with E-state index in [-0.39, 0.29) is 24.5 Å². The number of ether oxygens (including phenoxy) is 2. The SMILES string of the molecule is COc1ccc(F)c(-c2ncc(COc3cccc([C@@H](CC(=O)O)C4CC4)c3)nc2Br)c1. The molecule has 32 heavy (non-hydrogen) atoms. The zero-order valence-electron chi connectivity index (χ0n) is 17.4. The predicted molar refractivity (Wildman–Crippen MR) is 120 cm³/mol. The van der Waals surface area contributed by atoms with E-state index in [0.717, 1.165) is 18.4 Å². The quantitative estimate of drug-likeness (QED) is 0.411. The Hall–Kier alpha value is -3.00. The fraction of sp³-hybridized carbons (Fsp3) is 0.292. The monoisotopic (exact) mass is 500 g/mol. The second-order valence-corrected chi connectivity index (χ2v) is 8.50. The molecule has 1 aliphatic rings. The van der Waals surface area contributed by atoms with E-state index in [9.17, 15) is 14.3 Å². The van der Waals surface area contributed by atoms with Crippen LogP contribution in [0.3, 0.4) is 0 Å². The largest absolute Gasteiger partial charge is 0.497 e. The minimum absolute atomic E-state index is 0.00188. The molecule has 1 aromatic heterocycles. The third-order valence-corrected chi connectivity index (χ3v) is 6.02. The highest BCUT2D eigenvalue weighted by molar-refractivity contribution is 9.10. The lowest BCUT2D eigenvalue weighted by Crippen LogP contribution is -2.08. The van der Waals surface area contributed by atoms with Crippen molar-refractivity contribution in [1.82, 2.24) is 9.97 Å². The minimum atomic E-state index is -0.791. The molecule has 0 aliphatic heterocycles. The maximum Gasteiger partial charge on any atom is 0.303 e. The van der Waals surface area contributed by atoms with Crippen LogP contribution in [-0.4, -0.2) is 28.2 Å². The van der Waals surface area contributed by atoms with E-state index >= 15 is 0 Å². The topological polar surface area (TPSA) is 81.5 Å². The second kappa shape index (κ2) is 9.65. The molecule has 0 saturated heterocycles. The highest BCUT2D eigenvalue weighted by Gasteiger charge is 2.33. The Kier molecular flexibility index (Phi) is 6.69. The Morgan fingerprint density at radius 1 is 1.25 bits per heavy atom. The molecule has 0 amide bonds. The summed E-state index contributed by atoms with van der Waals surface area (Å²) in [6.45, 7) is 0.170. The summed E-state index contributed by atoms with van der Waals surface area (Å²) < 4.78 is 25.7. The highest BCUT2D eigenvalue weighted by Crippen LogP contribution is 2.45. The van der Waals surface area contributed by atoms with Crippen molar-refractivity contribution in [2.24, 2.45) is 5.92 Å². The van der Waals surface area contributed by atoms with Gasteiger partial charge in [-0.2, -0.15) is 0 Å². The molecule has 0 unspecified atom stereocenters. The molecule has 8 heteroatoms. The molecular weight excluding hydrogens is 479 g/mol. The minimum Gasteiger partial charge on any atom is -0.497 e. The Morgan fingerprint density at radius 3 is 2.75 bits per heavy atom. The van der Waals surface area contributed by atoms with Gasteiger partial charge in [0.05, 0.1) is 25.4 Å². The van der Waals surface area contributed by atoms with E-state index in [1.165, 1.54) is 13.2 Å². The van der Waals surface area contributed by atoms with Crippen molar-refractivity contribution < 1.29 is 23.8 Å². The molecule has 2 aromatic carbocycles. The van der Waals surface area contributed by atoms with Crippen molar-refractivity contribution in [3.05, 3.63) is 70.3 Å². The Labute approximate surface area is 193 Å². The van der Waals surface area contributed by atoms with Gasteiger partial charge in [-0.1, -0.05) is 12.1 Å². The van der Waals surface area contributed by atoms with E-state index < -0.39 is 11.8 Å². The summed E-state index contributed by atoms with van der Waals surface area (Å²) in [4.78, 5) is 20.0. The van der Waals surface area contributed by atoms with Crippen LogP contribution in [0.4, 0.5) is 4.39 Å². The lowest BCUT2D eigenvalue weighted by molar-refractivity contribution is -0.137. The van der Waals surface area contributed by atoms with Crippen LogP contribution in [0, 0.1) is 11.7 Å². The number of rotatable bonds is 9. The van der Waals surface area contributed by atoms with Gasteiger partial charge in [0.1, 0.15) is 34.2 Å². The van der Waals surface area contributed by atoms with Gasteiger partial charge in [0.25, 0.3) is 0 Å². The standard InChI is InChI=1S/C24H22BrFN2O4/c1-31-17-7-8-21(26)20(10-17)23-24(25)28-16(12-27-23)13-32-18-4-2-3-15(9-18)19(11-22(29)30)14-5-6-14/h2-4,7-10,12,14,19H,5-6,11,13H2,1H3,(H,29,30)/t19-/m0/s1. The Balaban J connectivity index is 1.48. The summed E-state index contributed by atoms with van der Waals surface area (Å²) in [5.74, 6) is 0.373. The smallest absolute Gasteiger partial charge is 0.303 e. The summed E-state index contributed by atoms with van der Waals surface area (Å²) in [7, 11) is 1.52. The number of aliphatic carboxylic acids is 1. The first-order valence-electron chi connectivity index (χ1n) is 10.2. The molecule has 3 aromatic rings. The van der Waals surface area contributed by atoms with Gasteiger partial charge in [0, 0.05) is 5.56 Å². The lowest BCUT2D eigenvalue weighted by Gasteiger charge is -2.16. The van der Waals surface area contributed by atoms with Crippen molar-refractivity contribution in [3.63, 3.8) is 0 Å². The van der Waals surface area contributed by atoms with Gasteiger partial charge < -0.3 is 14.6 Å². The third kappa shape index (κ3) is 5.24. The normalized spacial score (nSPS) is 14.1. The molecule has 1 heterocycles. The Bertz CT molecular complexity index is 1140. The van der Waals surface area contributed by atoms with Crippen LogP contribution >= 0.6 is 15.9 Å². The predicted octanol–water partition coefficient (Wildman–Crippen LogP) is 5.60. The van der Waals surface area contributed by atoms with E-state index in [0.29, 0.717) is 33.4 Å². The van der Waals surface area contributed by atoms with Crippen LogP contribution in [0.15, 0.2) is 53.3 Å². The number of hydrogen-bond donors (Lipinski definition) is 1. The van der Waals surface area contributed by atoms with Crippen LogP contribution in [0.5, 0.6) is 11.5 Å². The van der Waals surface area contributed by atoms with Gasteiger partial charge in [-0.25, -0.2) is 9.37 Å². The van der Waals surface area contributed by atoms with Gasteiger partial charge in [-0.05, 0) is 76.5 Å². The lowest BCUT2D eigenvalue weighted by atomic mass is 9.91. The van der Waals surface area contributed by atoms with E-state index in [1.807, 2.05) is 24.3 Å². The maximum atomic E-state index is 14.3. The third-order valence-electron chi connectivity index (χ3n) is 5.47. The first-order chi connectivity index (χ1) is 15.4. The van der Waals surface area contributed by atoms with Gasteiger partial charge >= 0.3 is 5.97 Å². The summed E-state index contributed by atoms with van der Waals surface area (Å²) >= 11 is 3.37. The van der Waals surface area contributed by atoms with Crippen LogP contribution in [-0.2, 0) is 11.4 Å². The molecule has 0 radical (unpaired) electrons. The molecule has 1 N–H and O–H groups in total. The number of carboxylic acids is 1. The van der Waals surface area contributed by atoms with E-state index in [1.54, 1.807) is 18.3 Å². The molecule has 0 bridgehead atoms. The molecule has 6 nitrogen and oxygen atoms in total. The van der Waals surface area contributed by atoms with Crippen molar-refractivity contribution in [2.75, 3.05) is 7.11 Å². The van der Waals surface area contributed by atoms with Crippen LogP contribution in [0.1, 0.15) is 36.4 Å². The zero-order valence-corrected chi connectivity index (χ0v) is 19.0. The number of benzene rings is 2. The number of carboxylic acid groups (broad SMARTS) is 1. The van der Waals surface area contributed by atoms with E-state index in [2.05, 4.69) is 25.9 Å². The number of halogens is 2. The van der Waals surface area contributed by atoms with Crippen LogP contribution in [0.2, 0.25) is 0 Å². The molecule has 4 rings (SSSR count). The zero-order chi connectivity index (χ0) is 22.7. The summed E-state index contributed by atoms with van der Waals surface area (Å²) in [6.07, 6.45) is 3.79. The first-order valence-corrected chi connectivity index (χ1v) is 11.0. The van der Waals surface area contributed by atoms with Crippen molar-refractivity contribution in [3.8, 4) is 22.8 Å². The van der Waals surface area contributed by atoms with Gasteiger partial charge in [0.2, 0.25) is 0 Å². The van der Waals surface area contributed by atoms with Crippen molar-refractivity contribution in [1.29, 1.82) is 0 Å². The van der Waals surface area contributed by atoms with Gasteiger partial charge in [0.15, 0.2) is 0 Å². The number of aromatic nitrogens is 2. The molecule has 1 aliphatic carbocycles. The highest BCUT2D eigenvalue weighted by atomic mass is 79.9. The fourth-order valence-corrected chi connectivity index (χ4v) is 4.24. The number of carbonyl (C=O) groups is 1. The summed E-state index contributed by atoms with van der Waals surface area (Å²) in [5.41, 5.74) is 2.20. The van der Waals surface area contributed by atoms with E-state index in [4.69, 9.17) is 9.47 Å². The summed E-state index contributed by atoms with van der Waals surface area (Å²) in [5, 5.41) is 9.24. The molecule has 1 fully saturated rings. The van der Waals surface area contributed by atoms with Crippen molar-refractivity contribution in [2.45, 2.75) is 31.8 Å². The maximum absolute atomic E-state index is 14.3. The molecule has 0 spiro atoms. The number of hydrogen-bond acceptors (Lipinski definition) is 5. The van der Waals surface area contributed by atoms with Crippen LogP contribution < -0.4 is 9.47 Å². The molecule has 166 valence electrons. The number of methoxy groups -OCH3 is 1. The van der Waals surface area contributed by atoms with Crippen molar-refractivity contribution >= 4 is 21.9 Å². The first kappa shape index (κ1) is 22.2.